The maximum absolute atomic E-state index is 3.94. The summed E-state index contributed by atoms with van der Waals surface area (Å²) in [7, 11) is 1.98. The van der Waals surface area contributed by atoms with Crippen molar-refractivity contribution in [3.05, 3.63) is 71.3 Å². The number of nitrogens with one attached hydrogen (secondary N) is 1. The molecule has 1 heteroatoms. The van der Waals surface area contributed by atoms with Gasteiger partial charge in [-0.3, -0.25) is 0 Å². The van der Waals surface area contributed by atoms with Gasteiger partial charge in [0.25, 0.3) is 0 Å². The van der Waals surface area contributed by atoms with E-state index < -0.39 is 0 Å². The molecule has 0 spiro atoms. The van der Waals surface area contributed by atoms with E-state index in [2.05, 4.69) is 55.2 Å². The normalized spacial score (nSPS) is 19.1. The average molecular weight is 239 g/mol. The van der Waals surface area contributed by atoms with E-state index in [4.69, 9.17) is 0 Å². The second-order valence-electron chi connectivity index (χ2n) is 4.87. The van der Waals surface area contributed by atoms with Gasteiger partial charge in [0.1, 0.15) is 0 Å². The summed E-state index contributed by atoms with van der Waals surface area (Å²) >= 11 is 0. The third-order valence-corrected chi connectivity index (χ3v) is 3.50. The molecule has 0 radical (unpaired) electrons. The first kappa shape index (κ1) is 12.8. The zero-order chi connectivity index (χ0) is 13.0. The summed E-state index contributed by atoms with van der Waals surface area (Å²) in [4.78, 5) is 0. The molecule has 0 heterocycles. The van der Waals surface area contributed by atoms with Crippen LogP contribution in [0.25, 0.3) is 0 Å². The lowest BCUT2D eigenvalue weighted by molar-refractivity contribution is 0.793. The van der Waals surface area contributed by atoms with Gasteiger partial charge in [-0.05, 0) is 37.1 Å². The van der Waals surface area contributed by atoms with Crippen molar-refractivity contribution in [2.75, 3.05) is 13.6 Å². The fraction of sp³-hybridized carbons (Fsp3) is 0.294. The molecule has 1 aliphatic rings. The van der Waals surface area contributed by atoms with Gasteiger partial charge in [0.2, 0.25) is 0 Å². The first-order valence-corrected chi connectivity index (χ1v) is 6.48. The number of allylic oxidation sites excluding steroid dienone is 3. The molecule has 0 saturated carbocycles. The Bertz CT molecular complexity index is 477. The first-order chi connectivity index (χ1) is 8.74. The van der Waals surface area contributed by atoms with Gasteiger partial charge in [0.05, 0.1) is 0 Å². The average Bonchev–Trinajstić information content (AvgIpc) is 2.40. The quantitative estimate of drug-likeness (QED) is 0.844. The van der Waals surface area contributed by atoms with Crippen molar-refractivity contribution in [3.63, 3.8) is 0 Å². The monoisotopic (exact) mass is 239 g/mol. The van der Waals surface area contributed by atoms with Crippen molar-refractivity contribution in [2.45, 2.75) is 19.3 Å². The van der Waals surface area contributed by atoms with E-state index in [1.807, 2.05) is 13.1 Å². The van der Waals surface area contributed by atoms with Gasteiger partial charge in [-0.15, -0.1) is 0 Å². The highest BCUT2D eigenvalue weighted by molar-refractivity contribution is 5.42. The minimum atomic E-state index is 0.485. The summed E-state index contributed by atoms with van der Waals surface area (Å²) in [6, 6.07) is 8.83. The molecule has 18 heavy (non-hydrogen) atoms. The molecule has 0 aromatic heterocycles. The lowest BCUT2D eigenvalue weighted by atomic mass is 9.85. The predicted octanol–water partition coefficient (Wildman–Crippen LogP) is 3.74. The molecule has 0 aliphatic heterocycles. The van der Waals surface area contributed by atoms with E-state index in [1.165, 1.54) is 22.3 Å². The third-order valence-electron chi connectivity index (χ3n) is 3.50. The standard InChI is InChI=1S/C17H21N/c1-4-14-11-16(9-10-17(14)12-18-3)15-7-5-13(2)6-8-15/h4-10,16,18H,1,11-12H2,2-3H3. The number of hydrogen-bond donors (Lipinski definition) is 1. The number of benzene rings is 1. The molecule has 1 N–H and O–H groups in total. The maximum Gasteiger partial charge on any atom is 0.0205 e. The number of likely N-dealkylation sites (N-methyl/N-ethyl adjacent to an activating group) is 1. The van der Waals surface area contributed by atoms with Crippen LogP contribution in [0, 0.1) is 6.92 Å². The topological polar surface area (TPSA) is 12.0 Å². The Morgan fingerprint density at radius 1 is 1.33 bits per heavy atom. The van der Waals surface area contributed by atoms with Crippen LogP contribution in [0.3, 0.4) is 0 Å². The zero-order valence-corrected chi connectivity index (χ0v) is 11.2. The van der Waals surface area contributed by atoms with Gasteiger partial charge in [-0.1, -0.05) is 54.6 Å². The molecular formula is C17H21N. The van der Waals surface area contributed by atoms with Crippen LogP contribution < -0.4 is 5.32 Å². The van der Waals surface area contributed by atoms with Crippen LogP contribution >= 0.6 is 0 Å². The van der Waals surface area contributed by atoms with Gasteiger partial charge in [0.15, 0.2) is 0 Å². The van der Waals surface area contributed by atoms with Crippen molar-refractivity contribution in [1.29, 1.82) is 0 Å². The fourth-order valence-electron chi connectivity index (χ4n) is 2.40. The Morgan fingerprint density at radius 2 is 2.06 bits per heavy atom. The van der Waals surface area contributed by atoms with Crippen LogP contribution in [0.4, 0.5) is 0 Å². The van der Waals surface area contributed by atoms with Gasteiger partial charge in [0, 0.05) is 12.5 Å². The molecule has 1 aromatic rings. The Hall–Kier alpha value is -1.60. The summed E-state index contributed by atoms with van der Waals surface area (Å²) in [5.74, 6) is 0.485. The second kappa shape index (κ2) is 5.83. The van der Waals surface area contributed by atoms with Crippen LogP contribution in [0.5, 0.6) is 0 Å². The second-order valence-corrected chi connectivity index (χ2v) is 4.87. The summed E-state index contributed by atoms with van der Waals surface area (Å²) < 4.78 is 0. The van der Waals surface area contributed by atoms with E-state index in [1.54, 1.807) is 0 Å². The van der Waals surface area contributed by atoms with Gasteiger partial charge in [-0.2, -0.15) is 0 Å². The van der Waals surface area contributed by atoms with Crippen LogP contribution in [0.15, 0.2) is 60.2 Å². The van der Waals surface area contributed by atoms with Crippen molar-refractivity contribution in [2.24, 2.45) is 0 Å². The number of rotatable bonds is 4. The summed E-state index contributed by atoms with van der Waals surface area (Å²) in [6.07, 6.45) is 7.60. The molecule has 1 atom stereocenters. The summed E-state index contributed by atoms with van der Waals surface area (Å²) in [5.41, 5.74) is 5.42. The molecule has 0 amide bonds. The molecular weight excluding hydrogens is 218 g/mol. The van der Waals surface area contributed by atoms with Crippen molar-refractivity contribution < 1.29 is 0 Å². The molecule has 0 saturated heterocycles. The highest BCUT2D eigenvalue weighted by Crippen LogP contribution is 2.31. The SMILES string of the molecule is C=CC1=C(CNC)C=CC(c2ccc(C)cc2)C1. The van der Waals surface area contributed by atoms with E-state index in [9.17, 15) is 0 Å². The lowest BCUT2D eigenvalue weighted by Gasteiger charge is -2.21. The largest absolute Gasteiger partial charge is 0.316 e. The van der Waals surface area contributed by atoms with E-state index >= 15 is 0 Å². The van der Waals surface area contributed by atoms with E-state index in [-0.39, 0.29) is 0 Å². The Labute approximate surface area is 110 Å². The number of hydrogen-bond acceptors (Lipinski definition) is 1. The third kappa shape index (κ3) is 2.80. The van der Waals surface area contributed by atoms with Crippen molar-refractivity contribution in [3.8, 4) is 0 Å². The smallest absolute Gasteiger partial charge is 0.0205 e. The molecule has 94 valence electrons. The minimum Gasteiger partial charge on any atom is -0.316 e. The minimum absolute atomic E-state index is 0.485. The molecule has 0 fully saturated rings. The van der Waals surface area contributed by atoms with Crippen LogP contribution in [-0.4, -0.2) is 13.6 Å². The van der Waals surface area contributed by atoms with E-state index in [0.29, 0.717) is 5.92 Å². The Balaban J connectivity index is 2.19. The van der Waals surface area contributed by atoms with Gasteiger partial charge < -0.3 is 5.32 Å². The highest BCUT2D eigenvalue weighted by atomic mass is 14.8. The van der Waals surface area contributed by atoms with Crippen LogP contribution in [0.2, 0.25) is 0 Å². The molecule has 1 aliphatic carbocycles. The predicted molar refractivity (Wildman–Crippen MR) is 78.8 cm³/mol. The fourth-order valence-corrected chi connectivity index (χ4v) is 2.40. The molecule has 1 nitrogen and oxygen atoms in total. The lowest BCUT2D eigenvalue weighted by Crippen LogP contribution is -2.14. The van der Waals surface area contributed by atoms with Crippen LogP contribution in [-0.2, 0) is 0 Å². The highest BCUT2D eigenvalue weighted by Gasteiger charge is 2.15. The van der Waals surface area contributed by atoms with Crippen molar-refractivity contribution in [1.82, 2.24) is 5.32 Å². The molecule has 1 unspecified atom stereocenters. The maximum atomic E-state index is 3.94. The summed E-state index contributed by atoms with van der Waals surface area (Å²) in [6.45, 7) is 6.98. The van der Waals surface area contributed by atoms with Crippen molar-refractivity contribution >= 4 is 0 Å². The summed E-state index contributed by atoms with van der Waals surface area (Å²) in [5, 5.41) is 3.21. The Morgan fingerprint density at radius 3 is 2.67 bits per heavy atom. The molecule has 0 bridgehead atoms. The molecule has 1 aromatic carbocycles. The van der Waals surface area contributed by atoms with Gasteiger partial charge >= 0.3 is 0 Å². The Kier molecular flexibility index (Phi) is 4.16. The first-order valence-electron chi connectivity index (χ1n) is 6.48. The van der Waals surface area contributed by atoms with Crippen LogP contribution in [0.1, 0.15) is 23.5 Å². The van der Waals surface area contributed by atoms with Gasteiger partial charge in [-0.25, -0.2) is 0 Å². The molecule has 2 rings (SSSR count). The zero-order valence-electron chi connectivity index (χ0n) is 11.2. The number of aryl methyl sites for hydroxylation is 1. The van der Waals surface area contributed by atoms with E-state index in [0.717, 1.165) is 13.0 Å².